The minimum atomic E-state index is 0. The fourth-order valence-electron chi connectivity index (χ4n) is 2.35. The number of pyridine rings is 1. The summed E-state index contributed by atoms with van der Waals surface area (Å²) in [6.07, 6.45) is 5.68. The summed E-state index contributed by atoms with van der Waals surface area (Å²) in [7, 11) is 0. The number of ether oxygens (including phenoxy) is 1. The van der Waals surface area contributed by atoms with E-state index in [0.29, 0.717) is 26.2 Å². The van der Waals surface area contributed by atoms with Gasteiger partial charge in [-0.15, -0.1) is 24.8 Å². The third-order valence-electron chi connectivity index (χ3n) is 3.47. The second kappa shape index (κ2) is 10.2. The van der Waals surface area contributed by atoms with Crippen molar-refractivity contribution in [2.24, 2.45) is 0 Å². The summed E-state index contributed by atoms with van der Waals surface area (Å²) in [6, 6.07) is 5.74. The van der Waals surface area contributed by atoms with Crippen molar-refractivity contribution in [2.75, 3.05) is 19.8 Å². The molecule has 0 aliphatic carbocycles. The molecule has 3 rings (SSSR count). The summed E-state index contributed by atoms with van der Waals surface area (Å²) < 4.78 is 7.03. The van der Waals surface area contributed by atoms with Gasteiger partial charge < -0.3 is 15.4 Å². The molecule has 0 spiro atoms. The van der Waals surface area contributed by atoms with Crippen molar-refractivity contribution < 1.29 is 9.53 Å². The lowest BCUT2D eigenvalue weighted by atomic mass is 10.2. The topological polar surface area (TPSA) is 81.1 Å². The van der Waals surface area contributed by atoms with Gasteiger partial charge in [-0.25, -0.2) is 9.67 Å². The molecular weight excluding hydrogens is 353 g/mol. The maximum atomic E-state index is 12.0. The number of hydrogen-bond acceptors (Lipinski definition) is 5. The van der Waals surface area contributed by atoms with Crippen molar-refractivity contribution in [2.45, 2.75) is 19.0 Å². The maximum absolute atomic E-state index is 12.0. The summed E-state index contributed by atoms with van der Waals surface area (Å²) in [5.41, 5.74) is 0.988. The van der Waals surface area contributed by atoms with Gasteiger partial charge in [-0.1, -0.05) is 0 Å². The number of hydrogen-bond donors (Lipinski definition) is 2. The molecule has 1 aliphatic heterocycles. The summed E-state index contributed by atoms with van der Waals surface area (Å²) >= 11 is 0. The number of nitrogens with one attached hydrogen (secondary N) is 2. The van der Waals surface area contributed by atoms with Crippen LogP contribution in [-0.2, 0) is 16.1 Å². The third kappa shape index (κ3) is 5.76. The van der Waals surface area contributed by atoms with E-state index in [9.17, 15) is 4.79 Å². The lowest BCUT2D eigenvalue weighted by Crippen LogP contribution is -2.44. The third-order valence-corrected chi connectivity index (χ3v) is 3.47. The Morgan fingerprint density at radius 2 is 2.29 bits per heavy atom. The maximum Gasteiger partial charge on any atom is 0.221 e. The van der Waals surface area contributed by atoms with Crippen LogP contribution in [0.15, 0.2) is 36.8 Å². The zero-order valence-electron chi connectivity index (χ0n) is 13.1. The lowest BCUT2D eigenvalue weighted by molar-refractivity contribution is -0.122. The predicted octanol–water partition coefficient (Wildman–Crippen LogP) is 1.11. The molecular formula is C15H21Cl2N5O2. The first kappa shape index (κ1) is 20.4. The highest BCUT2D eigenvalue weighted by atomic mass is 35.5. The predicted molar refractivity (Wildman–Crippen MR) is 94.9 cm³/mol. The molecule has 3 heterocycles. The first-order chi connectivity index (χ1) is 10.8. The summed E-state index contributed by atoms with van der Waals surface area (Å²) in [5, 5.41) is 10.3. The number of aromatic nitrogens is 3. The minimum absolute atomic E-state index is 0. The second-order valence-corrected chi connectivity index (χ2v) is 5.18. The van der Waals surface area contributed by atoms with Gasteiger partial charge >= 0.3 is 0 Å². The number of halogens is 2. The average molecular weight is 374 g/mol. The molecule has 0 bridgehead atoms. The smallest absolute Gasteiger partial charge is 0.221 e. The van der Waals surface area contributed by atoms with Crippen molar-refractivity contribution >= 4 is 30.7 Å². The molecule has 7 nitrogen and oxygen atoms in total. The average Bonchev–Trinajstić information content (AvgIpc) is 3.09. The Morgan fingerprint density at radius 3 is 3.00 bits per heavy atom. The molecule has 1 fully saturated rings. The molecule has 2 aromatic rings. The first-order valence-electron chi connectivity index (χ1n) is 7.34. The van der Waals surface area contributed by atoms with Gasteiger partial charge in [-0.3, -0.25) is 4.79 Å². The van der Waals surface area contributed by atoms with Gasteiger partial charge in [0.25, 0.3) is 0 Å². The number of carbonyl (C=O) groups is 1. The van der Waals surface area contributed by atoms with Crippen LogP contribution in [0, 0.1) is 0 Å². The SMILES string of the molecule is Cl.Cl.O=C(CC1COCCN1)NCc1ccnc(-n2cccn2)c1. The monoisotopic (exact) mass is 373 g/mol. The highest BCUT2D eigenvalue weighted by Gasteiger charge is 2.16. The Morgan fingerprint density at radius 1 is 1.42 bits per heavy atom. The zero-order chi connectivity index (χ0) is 15.2. The van der Waals surface area contributed by atoms with Crippen LogP contribution in [0.2, 0.25) is 0 Å². The van der Waals surface area contributed by atoms with Crippen LogP contribution in [0.3, 0.4) is 0 Å². The summed E-state index contributed by atoms with van der Waals surface area (Å²) in [6.45, 7) is 2.58. The number of carbonyl (C=O) groups excluding carboxylic acids is 1. The molecule has 0 saturated carbocycles. The number of rotatable bonds is 5. The van der Waals surface area contributed by atoms with Crippen molar-refractivity contribution in [1.82, 2.24) is 25.4 Å². The molecule has 2 aromatic heterocycles. The van der Waals surface area contributed by atoms with Crippen molar-refractivity contribution in [3.63, 3.8) is 0 Å². The van der Waals surface area contributed by atoms with Crippen LogP contribution in [0.4, 0.5) is 0 Å². The van der Waals surface area contributed by atoms with E-state index in [1.807, 2.05) is 24.4 Å². The molecule has 0 aromatic carbocycles. The van der Waals surface area contributed by atoms with Gasteiger partial charge in [0.2, 0.25) is 5.91 Å². The Kier molecular flexibility index (Phi) is 8.70. The fraction of sp³-hybridized carbons (Fsp3) is 0.400. The Labute approximate surface area is 153 Å². The number of nitrogens with zero attached hydrogens (tertiary/aromatic N) is 3. The molecule has 1 unspecified atom stereocenters. The molecule has 9 heteroatoms. The number of amides is 1. The van der Waals surface area contributed by atoms with Crippen molar-refractivity contribution in [3.8, 4) is 5.82 Å². The van der Waals surface area contributed by atoms with Gasteiger partial charge in [-0.05, 0) is 23.8 Å². The van der Waals surface area contributed by atoms with E-state index in [4.69, 9.17) is 4.74 Å². The molecule has 1 atom stereocenters. The normalized spacial score (nSPS) is 16.6. The van der Waals surface area contributed by atoms with Crippen LogP contribution in [0.5, 0.6) is 0 Å². The Bertz CT molecular complexity index is 618. The van der Waals surface area contributed by atoms with Crippen LogP contribution in [-0.4, -0.2) is 46.5 Å². The number of morpholine rings is 1. The van der Waals surface area contributed by atoms with Crippen LogP contribution >= 0.6 is 24.8 Å². The molecule has 132 valence electrons. The van der Waals surface area contributed by atoms with Gasteiger partial charge in [-0.2, -0.15) is 5.10 Å². The van der Waals surface area contributed by atoms with Gasteiger partial charge in [0, 0.05) is 44.1 Å². The molecule has 0 radical (unpaired) electrons. The highest BCUT2D eigenvalue weighted by molar-refractivity contribution is 5.85. The van der Waals surface area contributed by atoms with E-state index in [-0.39, 0.29) is 36.8 Å². The highest BCUT2D eigenvalue weighted by Crippen LogP contribution is 2.06. The van der Waals surface area contributed by atoms with Gasteiger partial charge in [0.15, 0.2) is 5.82 Å². The molecule has 24 heavy (non-hydrogen) atoms. The van der Waals surface area contributed by atoms with E-state index in [0.717, 1.165) is 17.9 Å². The lowest BCUT2D eigenvalue weighted by Gasteiger charge is -2.23. The zero-order valence-corrected chi connectivity index (χ0v) is 14.7. The van der Waals surface area contributed by atoms with E-state index >= 15 is 0 Å². The Balaban J connectivity index is 0.00000144. The van der Waals surface area contributed by atoms with E-state index in [1.165, 1.54) is 0 Å². The Hall–Kier alpha value is -1.67. The molecule has 1 saturated heterocycles. The van der Waals surface area contributed by atoms with E-state index < -0.39 is 0 Å². The van der Waals surface area contributed by atoms with Gasteiger partial charge in [0.05, 0.1) is 13.2 Å². The van der Waals surface area contributed by atoms with Crippen LogP contribution in [0.25, 0.3) is 5.82 Å². The standard InChI is InChI=1S/C15H19N5O2.2ClH/c21-15(9-13-11-22-7-5-16-13)18-10-12-2-4-17-14(8-12)20-6-1-3-19-20;;/h1-4,6,8,13,16H,5,7,9-11H2,(H,18,21);2*1H. The first-order valence-corrected chi connectivity index (χ1v) is 7.34. The quantitative estimate of drug-likeness (QED) is 0.820. The molecule has 1 amide bonds. The summed E-state index contributed by atoms with van der Waals surface area (Å²) in [5.74, 6) is 0.750. The van der Waals surface area contributed by atoms with Crippen molar-refractivity contribution in [3.05, 3.63) is 42.4 Å². The second-order valence-electron chi connectivity index (χ2n) is 5.18. The van der Waals surface area contributed by atoms with Crippen LogP contribution < -0.4 is 10.6 Å². The van der Waals surface area contributed by atoms with E-state index in [2.05, 4.69) is 20.7 Å². The minimum Gasteiger partial charge on any atom is -0.378 e. The molecule has 2 N–H and O–H groups in total. The van der Waals surface area contributed by atoms with Crippen molar-refractivity contribution in [1.29, 1.82) is 0 Å². The van der Waals surface area contributed by atoms with Crippen LogP contribution in [0.1, 0.15) is 12.0 Å². The van der Waals surface area contributed by atoms with E-state index in [1.54, 1.807) is 17.1 Å². The summed E-state index contributed by atoms with van der Waals surface area (Å²) in [4.78, 5) is 16.2. The van der Waals surface area contributed by atoms with Gasteiger partial charge in [0.1, 0.15) is 0 Å². The molecule has 1 aliphatic rings. The fourth-order valence-corrected chi connectivity index (χ4v) is 2.35. The largest absolute Gasteiger partial charge is 0.378 e.